The highest BCUT2D eigenvalue weighted by atomic mass is 19.4. The molecule has 0 unspecified atom stereocenters. The Hall–Kier alpha value is -2.06. The van der Waals surface area contributed by atoms with Crippen molar-refractivity contribution in [1.82, 2.24) is 15.3 Å². The summed E-state index contributed by atoms with van der Waals surface area (Å²) < 4.78 is 37.7. The topological polar surface area (TPSA) is 84.1 Å². The molecule has 2 rings (SSSR count). The number of amides is 2. The van der Waals surface area contributed by atoms with Gasteiger partial charge >= 0.3 is 12.2 Å². The Balaban J connectivity index is 2.02. The third-order valence-corrected chi connectivity index (χ3v) is 3.06. The van der Waals surface area contributed by atoms with Gasteiger partial charge in [-0.05, 0) is 18.9 Å². The number of piperidine rings is 1. The van der Waals surface area contributed by atoms with Gasteiger partial charge in [0, 0.05) is 25.3 Å². The predicted octanol–water partition coefficient (Wildman–Crippen LogP) is 1.13. The van der Waals surface area contributed by atoms with Crippen molar-refractivity contribution >= 4 is 12.0 Å². The van der Waals surface area contributed by atoms with Crippen LogP contribution in [-0.4, -0.2) is 35.1 Å². The van der Waals surface area contributed by atoms with Gasteiger partial charge in [0.1, 0.15) is 5.69 Å². The minimum Gasteiger partial charge on any atom is -0.352 e. The average Bonchev–Trinajstić information content (AvgIpc) is 2.38. The van der Waals surface area contributed by atoms with Gasteiger partial charge in [0.25, 0.3) is 0 Å². The number of hydrogen-bond acceptors (Lipinski definition) is 4. The summed E-state index contributed by atoms with van der Waals surface area (Å²) >= 11 is 0. The number of primary amides is 1. The van der Waals surface area contributed by atoms with Crippen LogP contribution in [0.4, 0.5) is 23.9 Å². The molecule has 110 valence electrons. The summed E-state index contributed by atoms with van der Waals surface area (Å²) in [5.74, 6) is 0.0531. The second-order valence-corrected chi connectivity index (χ2v) is 4.51. The Labute approximate surface area is 113 Å². The molecule has 6 nitrogen and oxygen atoms in total. The molecule has 0 aromatic carbocycles. The van der Waals surface area contributed by atoms with Gasteiger partial charge < -0.3 is 16.0 Å². The minimum absolute atomic E-state index is 0.0531. The Bertz CT molecular complexity index is 485. The summed E-state index contributed by atoms with van der Waals surface area (Å²) in [5.41, 5.74) is 4.07. The first-order valence-corrected chi connectivity index (χ1v) is 6.07. The summed E-state index contributed by atoms with van der Waals surface area (Å²) in [4.78, 5) is 19.8. The van der Waals surface area contributed by atoms with E-state index >= 15 is 0 Å². The molecule has 1 aromatic rings. The fourth-order valence-electron chi connectivity index (χ4n) is 2.08. The van der Waals surface area contributed by atoms with E-state index in [-0.39, 0.29) is 12.0 Å². The number of nitrogens with two attached hydrogens (primary N) is 1. The van der Waals surface area contributed by atoms with Gasteiger partial charge in [0.05, 0.1) is 0 Å². The van der Waals surface area contributed by atoms with Crippen molar-refractivity contribution < 1.29 is 18.0 Å². The van der Waals surface area contributed by atoms with Crippen LogP contribution >= 0.6 is 0 Å². The van der Waals surface area contributed by atoms with Crippen LogP contribution in [0.1, 0.15) is 18.5 Å². The molecule has 0 atom stereocenters. The largest absolute Gasteiger partial charge is 0.433 e. The Kier molecular flexibility index (Phi) is 3.96. The van der Waals surface area contributed by atoms with Gasteiger partial charge in [-0.25, -0.2) is 14.8 Å². The van der Waals surface area contributed by atoms with Gasteiger partial charge in [-0.2, -0.15) is 13.2 Å². The number of nitrogens with zero attached hydrogens (tertiary/aromatic N) is 3. The number of urea groups is 1. The maximum atomic E-state index is 12.6. The number of carbonyl (C=O) groups excluding carboxylic acids is 1. The standard InChI is InChI=1S/C11H14F3N5O/c12-11(13,14)8-1-4-16-10(18-8)19-5-2-7(3-6-19)17-9(15)20/h1,4,7H,2-3,5-6H2,(H3,15,17,20). The van der Waals surface area contributed by atoms with Crippen molar-refractivity contribution in [3.63, 3.8) is 0 Å². The molecular formula is C11H14F3N5O. The molecule has 1 saturated heterocycles. The smallest absolute Gasteiger partial charge is 0.352 e. The number of carbonyl (C=O) groups is 1. The number of alkyl halides is 3. The van der Waals surface area contributed by atoms with Crippen molar-refractivity contribution in [2.24, 2.45) is 5.73 Å². The van der Waals surface area contributed by atoms with Crippen molar-refractivity contribution in [2.75, 3.05) is 18.0 Å². The summed E-state index contributed by atoms with van der Waals surface area (Å²) in [6, 6.07) is 0.179. The van der Waals surface area contributed by atoms with Gasteiger partial charge in [-0.1, -0.05) is 0 Å². The second-order valence-electron chi connectivity index (χ2n) is 4.51. The normalized spacial score (nSPS) is 17.1. The van der Waals surface area contributed by atoms with Crippen molar-refractivity contribution in [1.29, 1.82) is 0 Å². The van der Waals surface area contributed by atoms with Gasteiger partial charge in [0.15, 0.2) is 0 Å². The summed E-state index contributed by atoms with van der Waals surface area (Å²) in [6.07, 6.45) is -2.21. The maximum Gasteiger partial charge on any atom is 0.433 e. The first-order valence-electron chi connectivity index (χ1n) is 6.07. The zero-order valence-corrected chi connectivity index (χ0v) is 10.5. The van der Waals surface area contributed by atoms with Crippen LogP contribution in [0.25, 0.3) is 0 Å². The minimum atomic E-state index is -4.48. The molecule has 9 heteroatoms. The lowest BCUT2D eigenvalue weighted by molar-refractivity contribution is -0.141. The van der Waals surface area contributed by atoms with Crippen molar-refractivity contribution in [3.8, 4) is 0 Å². The number of halogens is 3. The van der Waals surface area contributed by atoms with E-state index in [0.717, 1.165) is 12.3 Å². The van der Waals surface area contributed by atoms with E-state index in [0.29, 0.717) is 25.9 Å². The van der Waals surface area contributed by atoms with Crippen LogP contribution in [0.2, 0.25) is 0 Å². The van der Waals surface area contributed by atoms with Crippen LogP contribution in [0.3, 0.4) is 0 Å². The highest BCUT2D eigenvalue weighted by Gasteiger charge is 2.33. The molecule has 1 aliphatic heterocycles. The van der Waals surface area contributed by atoms with Gasteiger partial charge in [-0.15, -0.1) is 0 Å². The van der Waals surface area contributed by atoms with Crippen LogP contribution in [0.5, 0.6) is 0 Å². The van der Waals surface area contributed by atoms with Gasteiger partial charge in [0.2, 0.25) is 5.95 Å². The Morgan fingerprint density at radius 2 is 2.05 bits per heavy atom. The SMILES string of the molecule is NC(=O)NC1CCN(c2nccc(C(F)(F)F)n2)CC1. The molecule has 0 spiro atoms. The number of hydrogen-bond donors (Lipinski definition) is 2. The quantitative estimate of drug-likeness (QED) is 0.855. The van der Waals surface area contributed by atoms with E-state index in [4.69, 9.17) is 5.73 Å². The molecule has 20 heavy (non-hydrogen) atoms. The van der Waals surface area contributed by atoms with Crippen LogP contribution in [0, 0.1) is 0 Å². The summed E-state index contributed by atoms with van der Waals surface area (Å²) in [6.45, 7) is 0.929. The van der Waals surface area contributed by atoms with E-state index in [1.54, 1.807) is 4.90 Å². The molecule has 2 amide bonds. The molecule has 2 heterocycles. The fraction of sp³-hybridized carbons (Fsp3) is 0.545. The van der Waals surface area contributed by atoms with E-state index in [2.05, 4.69) is 15.3 Å². The lowest BCUT2D eigenvalue weighted by Gasteiger charge is -2.32. The summed E-state index contributed by atoms with van der Waals surface area (Å²) in [5, 5.41) is 2.58. The molecule has 1 aromatic heterocycles. The molecule has 1 aliphatic rings. The number of anilines is 1. The zero-order valence-electron chi connectivity index (χ0n) is 10.5. The molecule has 0 saturated carbocycles. The predicted molar refractivity (Wildman–Crippen MR) is 65.0 cm³/mol. The first-order chi connectivity index (χ1) is 9.36. The Morgan fingerprint density at radius 3 is 2.60 bits per heavy atom. The lowest BCUT2D eigenvalue weighted by atomic mass is 10.1. The van der Waals surface area contributed by atoms with E-state index in [1.807, 2.05) is 0 Å². The zero-order chi connectivity index (χ0) is 14.8. The lowest BCUT2D eigenvalue weighted by Crippen LogP contribution is -2.46. The third-order valence-electron chi connectivity index (χ3n) is 3.06. The van der Waals surface area contributed by atoms with E-state index < -0.39 is 17.9 Å². The monoisotopic (exact) mass is 289 g/mol. The van der Waals surface area contributed by atoms with Crippen LogP contribution in [-0.2, 0) is 6.18 Å². The van der Waals surface area contributed by atoms with Gasteiger partial charge in [-0.3, -0.25) is 0 Å². The average molecular weight is 289 g/mol. The fourth-order valence-corrected chi connectivity index (χ4v) is 2.08. The van der Waals surface area contributed by atoms with Crippen LogP contribution < -0.4 is 16.0 Å². The molecule has 3 N–H and O–H groups in total. The van der Waals surface area contributed by atoms with E-state index in [1.165, 1.54) is 0 Å². The first kappa shape index (κ1) is 14.4. The van der Waals surface area contributed by atoms with Crippen LogP contribution in [0.15, 0.2) is 12.3 Å². The molecule has 0 aliphatic carbocycles. The van der Waals surface area contributed by atoms with E-state index in [9.17, 15) is 18.0 Å². The maximum absolute atomic E-state index is 12.6. The molecular weight excluding hydrogens is 275 g/mol. The highest BCUT2D eigenvalue weighted by molar-refractivity contribution is 5.72. The molecule has 0 bridgehead atoms. The number of aromatic nitrogens is 2. The number of rotatable bonds is 2. The number of nitrogens with one attached hydrogen (secondary N) is 1. The highest BCUT2D eigenvalue weighted by Crippen LogP contribution is 2.28. The van der Waals surface area contributed by atoms with Crippen molar-refractivity contribution in [3.05, 3.63) is 18.0 Å². The third kappa shape index (κ3) is 3.49. The van der Waals surface area contributed by atoms with Crippen molar-refractivity contribution in [2.45, 2.75) is 25.1 Å². The molecule has 1 fully saturated rings. The Morgan fingerprint density at radius 1 is 1.40 bits per heavy atom. The molecule has 0 radical (unpaired) electrons. The second kappa shape index (κ2) is 5.51. The summed E-state index contributed by atoms with van der Waals surface area (Å²) in [7, 11) is 0.